The molecule has 0 atom stereocenters. The highest BCUT2D eigenvalue weighted by molar-refractivity contribution is 6.76. The molecule has 0 spiro atoms. The van der Waals surface area contributed by atoms with E-state index in [0.29, 0.717) is 6.61 Å². The van der Waals surface area contributed by atoms with Crippen LogP contribution < -0.4 is 4.74 Å². The van der Waals surface area contributed by atoms with Crippen LogP contribution in [0.15, 0.2) is 6.20 Å². The van der Waals surface area contributed by atoms with Crippen molar-refractivity contribution in [2.24, 2.45) is 0 Å². The molecule has 0 aliphatic heterocycles. The van der Waals surface area contributed by atoms with Gasteiger partial charge < -0.3 is 9.47 Å². The van der Waals surface area contributed by atoms with Crippen molar-refractivity contribution in [2.45, 2.75) is 51.7 Å². The highest BCUT2D eigenvalue weighted by atomic mass is 28.3. The van der Waals surface area contributed by atoms with Gasteiger partial charge in [0.05, 0.1) is 11.5 Å². The van der Waals surface area contributed by atoms with E-state index in [2.05, 4.69) is 24.7 Å². The first-order valence-corrected chi connectivity index (χ1v) is 11.0. The lowest BCUT2D eigenvalue weighted by Gasteiger charge is -2.15. The van der Waals surface area contributed by atoms with Crippen molar-refractivity contribution in [3.8, 4) is 5.88 Å². The molecule has 0 saturated carbocycles. The number of nitrogens with zero attached hydrogens (tertiary/aromatic N) is 3. The topological polar surface area (TPSA) is 79.4 Å². The van der Waals surface area contributed by atoms with Crippen LogP contribution in [0.5, 0.6) is 5.88 Å². The molecule has 0 aliphatic rings. The highest BCUT2D eigenvalue weighted by Crippen LogP contribution is 2.26. The maximum Gasteiger partial charge on any atom is 0.350 e. The third-order valence-electron chi connectivity index (χ3n) is 2.91. The zero-order valence-electron chi connectivity index (χ0n) is 13.8. The average Bonchev–Trinajstić information content (AvgIpc) is 2.75. The molecule has 10 heteroatoms. The second-order valence-electron chi connectivity index (χ2n) is 6.63. The molecule has 0 amide bonds. The van der Waals surface area contributed by atoms with Crippen LogP contribution in [0.2, 0.25) is 25.7 Å². The van der Waals surface area contributed by atoms with Crippen LogP contribution in [0.4, 0.5) is 14.5 Å². The molecule has 1 heterocycles. The molecular formula is C13H23F2N3O4Si. The second kappa shape index (κ2) is 7.82. The van der Waals surface area contributed by atoms with Crippen molar-refractivity contribution >= 4 is 13.8 Å². The molecule has 0 bridgehead atoms. The van der Waals surface area contributed by atoms with Gasteiger partial charge in [-0.05, 0) is 13.0 Å². The normalized spacial score (nSPS) is 12.4. The van der Waals surface area contributed by atoms with Crippen molar-refractivity contribution in [1.82, 2.24) is 9.78 Å². The maximum atomic E-state index is 12.7. The van der Waals surface area contributed by atoms with E-state index in [1.54, 1.807) is 0 Å². The van der Waals surface area contributed by atoms with Gasteiger partial charge in [-0.3, -0.25) is 10.1 Å². The van der Waals surface area contributed by atoms with Gasteiger partial charge in [-0.15, -0.1) is 5.10 Å². The first-order chi connectivity index (χ1) is 10.5. The summed E-state index contributed by atoms with van der Waals surface area (Å²) in [5.74, 6) is -3.16. The fraction of sp³-hybridized carbons (Fsp3) is 0.769. The third-order valence-corrected chi connectivity index (χ3v) is 4.61. The first kappa shape index (κ1) is 19.5. The Morgan fingerprint density at radius 1 is 1.39 bits per heavy atom. The van der Waals surface area contributed by atoms with E-state index in [1.807, 2.05) is 0 Å². The molecule has 1 aromatic rings. The quantitative estimate of drug-likeness (QED) is 0.279. The van der Waals surface area contributed by atoms with Crippen LogP contribution in [0, 0.1) is 10.1 Å². The second-order valence-corrected chi connectivity index (χ2v) is 12.3. The summed E-state index contributed by atoms with van der Waals surface area (Å²) < 4.78 is 37.2. The summed E-state index contributed by atoms with van der Waals surface area (Å²) in [6, 6.07) is 0.964. The lowest BCUT2D eigenvalue weighted by atomic mass is 10.3. The largest absolute Gasteiger partial charge is 0.472 e. The number of nitro groups is 1. The van der Waals surface area contributed by atoms with Gasteiger partial charge in [0.25, 0.3) is 0 Å². The predicted octanol–water partition coefficient (Wildman–Crippen LogP) is 3.53. The van der Waals surface area contributed by atoms with Crippen LogP contribution in [-0.2, 0) is 11.5 Å². The monoisotopic (exact) mass is 351 g/mol. The molecule has 0 radical (unpaired) electrons. The Kier molecular flexibility index (Phi) is 6.63. The number of aromatic nitrogens is 2. The molecular weight excluding hydrogens is 328 g/mol. The van der Waals surface area contributed by atoms with Crippen molar-refractivity contribution in [3.63, 3.8) is 0 Å². The summed E-state index contributed by atoms with van der Waals surface area (Å²) in [6.07, 6.45) is 0.637. The molecule has 7 nitrogen and oxygen atoms in total. The number of hydrogen-bond acceptors (Lipinski definition) is 5. The molecule has 132 valence electrons. The third kappa shape index (κ3) is 8.02. The van der Waals surface area contributed by atoms with Crippen LogP contribution in [-0.4, -0.2) is 41.9 Å². The summed E-state index contributed by atoms with van der Waals surface area (Å²) in [6.45, 7) is 7.65. The molecule has 1 rings (SSSR count). The fourth-order valence-electron chi connectivity index (χ4n) is 1.55. The number of hydrogen-bond donors (Lipinski definition) is 0. The van der Waals surface area contributed by atoms with E-state index in [1.165, 1.54) is 10.9 Å². The SMILES string of the molecule is CC(F)(F)CCOc1nn(COCC[Si](C)(C)C)cc1[N+](=O)[O-]. The predicted molar refractivity (Wildman–Crippen MR) is 83.7 cm³/mol. The summed E-state index contributed by atoms with van der Waals surface area (Å²) in [5.41, 5.74) is -0.363. The van der Waals surface area contributed by atoms with Crippen molar-refractivity contribution in [2.75, 3.05) is 13.2 Å². The number of halogens is 2. The van der Waals surface area contributed by atoms with E-state index >= 15 is 0 Å². The standard InChI is InChI=1S/C13H23F2N3O4Si/c1-13(14,15)5-6-22-12-11(18(19)20)9-17(16-12)10-21-7-8-23(2,3)4/h9H,5-8,10H2,1-4H3. The zero-order chi connectivity index (χ0) is 17.7. The van der Waals surface area contributed by atoms with Gasteiger partial charge >= 0.3 is 11.6 Å². The Morgan fingerprint density at radius 3 is 2.57 bits per heavy atom. The zero-order valence-corrected chi connectivity index (χ0v) is 14.8. The summed E-state index contributed by atoms with van der Waals surface area (Å²) >= 11 is 0. The Morgan fingerprint density at radius 2 is 2.04 bits per heavy atom. The Hall–Kier alpha value is -1.55. The van der Waals surface area contributed by atoms with E-state index in [-0.39, 0.29) is 24.9 Å². The molecule has 0 aliphatic carbocycles. The Labute approximate surface area is 134 Å². The minimum atomic E-state index is -2.89. The van der Waals surface area contributed by atoms with Crippen LogP contribution in [0.1, 0.15) is 13.3 Å². The maximum absolute atomic E-state index is 12.7. The Bertz CT molecular complexity index is 526. The molecule has 23 heavy (non-hydrogen) atoms. The number of alkyl halides is 2. The van der Waals surface area contributed by atoms with E-state index in [4.69, 9.17) is 9.47 Å². The van der Waals surface area contributed by atoms with Crippen LogP contribution >= 0.6 is 0 Å². The van der Waals surface area contributed by atoms with Crippen molar-refractivity contribution in [1.29, 1.82) is 0 Å². The van der Waals surface area contributed by atoms with Crippen molar-refractivity contribution in [3.05, 3.63) is 16.3 Å². The summed E-state index contributed by atoms with van der Waals surface area (Å²) in [4.78, 5) is 10.3. The molecule has 1 aromatic heterocycles. The van der Waals surface area contributed by atoms with E-state index in [9.17, 15) is 18.9 Å². The van der Waals surface area contributed by atoms with Gasteiger partial charge in [0.15, 0.2) is 0 Å². The molecule has 0 unspecified atom stereocenters. The molecule has 0 saturated heterocycles. The van der Waals surface area contributed by atoms with E-state index < -0.39 is 25.3 Å². The average molecular weight is 351 g/mol. The molecule has 0 fully saturated rings. The first-order valence-electron chi connectivity index (χ1n) is 7.28. The van der Waals surface area contributed by atoms with Gasteiger partial charge in [0.2, 0.25) is 5.92 Å². The molecule has 0 aromatic carbocycles. The minimum absolute atomic E-state index is 0.0542. The number of ether oxygens (including phenoxy) is 2. The lowest BCUT2D eigenvalue weighted by molar-refractivity contribution is -0.386. The van der Waals surface area contributed by atoms with Crippen LogP contribution in [0.3, 0.4) is 0 Å². The Balaban J connectivity index is 2.58. The van der Waals surface area contributed by atoms with Crippen LogP contribution in [0.25, 0.3) is 0 Å². The van der Waals surface area contributed by atoms with Gasteiger partial charge in [0, 0.05) is 21.1 Å². The summed E-state index contributed by atoms with van der Waals surface area (Å²) in [5, 5.41) is 14.8. The van der Waals surface area contributed by atoms with Crippen molar-refractivity contribution < 1.29 is 23.2 Å². The van der Waals surface area contributed by atoms with E-state index in [0.717, 1.165) is 13.0 Å². The highest BCUT2D eigenvalue weighted by Gasteiger charge is 2.25. The molecule has 0 N–H and O–H groups in total. The summed E-state index contributed by atoms with van der Waals surface area (Å²) in [7, 11) is -1.21. The van der Waals surface area contributed by atoms with Gasteiger partial charge in [-0.1, -0.05) is 19.6 Å². The van der Waals surface area contributed by atoms with Gasteiger partial charge in [0.1, 0.15) is 12.9 Å². The minimum Gasteiger partial charge on any atom is -0.472 e. The van der Waals surface area contributed by atoms with Gasteiger partial charge in [-0.2, -0.15) is 0 Å². The fourth-order valence-corrected chi connectivity index (χ4v) is 2.31. The smallest absolute Gasteiger partial charge is 0.350 e. The number of rotatable bonds is 10. The van der Waals surface area contributed by atoms with Gasteiger partial charge in [-0.25, -0.2) is 13.5 Å². The lowest BCUT2D eigenvalue weighted by Crippen LogP contribution is -2.22.